The van der Waals surface area contributed by atoms with Crippen LogP contribution in [-0.4, -0.2) is 31.0 Å². The highest BCUT2D eigenvalue weighted by atomic mass is 35.5. The molecular weight excluding hydrogens is 336 g/mol. The first kappa shape index (κ1) is 17.8. The third-order valence-electron chi connectivity index (χ3n) is 4.61. The van der Waals surface area contributed by atoms with Crippen LogP contribution in [0.4, 0.5) is 5.69 Å². The predicted octanol–water partition coefficient (Wildman–Crippen LogP) is 4.20. The lowest BCUT2D eigenvalue weighted by atomic mass is 9.95. The Labute approximate surface area is 153 Å². The molecule has 1 fully saturated rings. The fraction of sp³-hybridized carbons (Fsp3) is 0.350. The van der Waals surface area contributed by atoms with Crippen molar-refractivity contribution in [2.75, 3.05) is 25.5 Å². The molecule has 0 saturated carbocycles. The maximum absolute atomic E-state index is 12.5. The van der Waals surface area contributed by atoms with E-state index in [2.05, 4.69) is 16.3 Å². The van der Waals surface area contributed by atoms with E-state index in [1.54, 1.807) is 7.11 Å². The number of hydrogen-bond donors (Lipinski definition) is 1. The molecule has 1 amide bonds. The molecule has 0 unspecified atom stereocenters. The molecule has 25 heavy (non-hydrogen) atoms. The van der Waals surface area contributed by atoms with Crippen molar-refractivity contribution >= 4 is 23.2 Å². The zero-order valence-corrected chi connectivity index (χ0v) is 15.1. The summed E-state index contributed by atoms with van der Waals surface area (Å²) in [5, 5.41) is 3.77. The van der Waals surface area contributed by atoms with Crippen LogP contribution in [0.5, 0.6) is 5.75 Å². The molecule has 0 aromatic heterocycles. The molecule has 1 N–H and O–H groups in total. The molecule has 4 nitrogen and oxygen atoms in total. The third-order valence-corrected chi connectivity index (χ3v) is 4.85. The summed E-state index contributed by atoms with van der Waals surface area (Å²) in [6.45, 7) is 2.73. The normalized spacial score (nSPS) is 15.8. The molecule has 0 radical (unpaired) electrons. The van der Waals surface area contributed by atoms with Gasteiger partial charge in [0.15, 0.2) is 0 Å². The van der Waals surface area contributed by atoms with Gasteiger partial charge in [-0.05, 0) is 67.9 Å². The molecule has 5 heteroatoms. The average Bonchev–Trinajstić information content (AvgIpc) is 2.63. The number of piperidine rings is 1. The Bertz CT molecular complexity index is 710. The SMILES string of the molecule is COc1ccc(NC(=O)C2CCN(Cc3cccc(Cl)c3)CC2)cc1. The summed E-state index contributed by atoms with van der Waals surface area (Å²) in [5.74, 6) is 0.956. The van der Waals surface area contributed by atoms with E-state index in [4.69, 9.17) is 16.3 Å². The first-order valence-corrected chi connectivity index (χ1v) is 8.93. The zero-order chi connectivity index (χ0) is 17.6. The highest BCUT2D eigenvalue weighted by molar-refractivity contribution is 6.30. The quantitative estimate of drug-likeness (QED) is 0.870. The Kier molecular flexibility index (Phi) is 5.95. The number of nitrogens with one attached hydrogen (secondary N) is 1. The molecule has 132 valence electrons. The molecule has 0 bridgehead atoms. The van der Waals surface area contributed by atoms with Gasteiger partial charge < -0.3 is 10.1 Å². The molecule has 1 saturated heterocycles. The number of likely N-dealkylation sites (tertiary alicyclic amines) is 1. The molecule has 3 rings (SSSR count). The average molecular weight is 359 g/mol. The number of halogens is 1. The Morgan fingerprint density at radius 3 is 2.56 bits per heavy atom. The van der Waals surface area contributed by atoms with Gasteiger partial charge in [0.1, 0.15) is 5.75 Å². The fourth-order valence-electron chi connectivity index (χ4n) is 3.17. The number of hydrogen-bond acceptors (Lipinski definition) is 3. The van der Waals surface area contributed by atoms with E-state index in [9.17, 15) is 4.79 Å². The number of nitrogens with zero attached hydrogens (tertiary/aromatic N) is 1. The van der Waals surface area contributed by atoms with Crippen molar-refractivity contribution in [2.45, 2.75) is 19.4 Å². The smallest absolute Gasteiger partial charge is 0.227 e. The van der Waals surface area contributed by atoms with Gasteiger partial charge in [-0.2, -0.15) is 0 Å². The minimum absolute atomic E-state index is 0.0673. The van der Waals surface area contributed by atoms with E-state index >= 15 is 0 Å². The van der Waals surface area contributed by atoms with Crippen molar-refractivity contribution in [3.63, 3.8) is 0 Å². The van der Waals surface area contributed by atoms with Gasteiger partial charge in [0.2, 0.25) is 5.91 Å². The number of amides is 1. The van der Waals surface area contributed by atoms with Gasteiger partial charge in [0, 0.05) is 23.2 Å². The highest BCUT2D eigenvalue weighted by Crippen LogP contribution is 2.22. The van der Waals surface area contributed by atoms with E-state index in [1.807, 2.05) is 42.5 Å². The van der Waals surface area contributed by atoms with Crippen LogP contribution in [0.25, 0.3) is 0 Å². The van der Waals surface area contributed by atoms with E-state index < -0.39 is 0 Å². The molecule has 1 aliphatic heterocycles. The van der Waals surface area contributed by atoms with Crippen molar-refractivity contribution in [2.24, 2.45) is 5.92 Å². The Morgan fingerprint density at radius 1 is 1.20 bits per heavy atom. The first-order chi connectivity index (χ1) is 12.1. The minimum Gasteiger partial charge on any atom is -0.497 e. The topological polar surface area (TPSA) is 41.6 Å². The summed E-state index contributed by atoms with van der Waals surface area (Å²) >= 11 is 6.04. The van der Waals surface area contributed by atoms with Crippen LogP contribution in [0.2, 0.25) is 5.02 Å². The van der Waals surface area contributed by atoms with Gasteiger partial charge >= 0.3 is 0 Å². The second kappa shape index (κ2) is 8.37. The van der Waals surface area contributed by atoms with E-state index in [1.165, 1.54) is 5.56 Å². The van der Waals surface area contributed by atoms with Gasteiger partial charge in [-0.15, -0.1) is 0 Å². The predicted molar refractivity (Wildman–Crippen MR) is 101 cm³/mol. The van der Waals surface area contributed by atoms with E-state index in [0.29, 0.717) is 0 Å². The van der Waals surface area contributed by atoms with E-state index in [-0.39, 0.29) is 11.8 Å². The van der Waals surface area contributed by atoms with Crippen LogP contribution >= 0.6 is 11.6 Å². The van der Waals surface area contributed by atoms with Crippen molar-refractivity contribution in [3.8, 4) is 5.75 Å². The summed E-state index contributed by atoms with van der Waals surface area (Å²) in [6.07, 6.45) is 1.76. The van der Waals surface area contributed by atoms with Gasteiger partial charge in [-0.1, -0.05) is 23.7 Å². The number of carbonyl (C=O) groups excluding carboxylic acids is 1. The van der Waals surface area contributed by atoms with Crippen LogP contribution in [0, 0.1) is 5.92 Å². The van der Waals surface area contributed by atoms with Gasteiger partial charge in [0.25, 0.3) is 0 Å². The van der Waals surface area contributed by atoms with Crippen LogP contribution in [0.3, 0.4) is 0 Å². The van der Waals surface area contributed by atoms with Crippen LogP contribution in [-0.2, 0) is 11.3 Å². The highest BCUT2D eigenvalue weighted by Gasteiger charge is 2.25. The van der Waals surface area contributed by atoms with Crippen molar-refractivity contribution in [3.05, 3.63) is 59.1 Å². The molecule has 0 aliphatic carbocycles. The molecule has 0 atom stereocenters. The van der Waals surface area contributed by atoms with Crippen LogP contribution < -0.4 is 10.1 Å². The van der Waals surface area contributed by atoms with Crippen LogP contribution in [0.15, 0.2) is 48.5 Å². The van der Waals surface area contributed by atoms with Gasteiger partial charge in [-0.25, -0.2) is 0 Å². The molecular formula is C20H23ClN2O2. The number of ether oxygens (including phenoxy) is 1. The van der Waals surface area contributed by atoms with Crippen molar-refractivity contribution < 1.29 is 9.53 Å². The largest absolute Gasteiger partial charge is 0.497 e. The Hall–Kier alpha value is -2.04. The fourth-order valence-corrected chi connectivity index (χ4v) is 3.38. The first-order valence-electron chi connectivity index (χ1n) is 8.56. The second-order valence-electron chi connectivity index (χ2n) is 6.40. The minimum atomic E-state index is 0.0673. The number of anilines is 1. The molecule has 1 aliphatic rings. The van der Waals surface area contributed by atoms with Crippen LogP contribution in [0.1, 0.15) is 18.4 Å². The maximum Gasteiger partial charge on any atom is 0.227 e. The standard InChI is InChI=1S/C20H23ClN2O2/c1-25-19-7-5-18(6-8-19)22-20(24)16-9-11-23(12-10-16)14-15-3-2-4-17(21)13-15/h2-8,13,16H,9-12,14H2,1H3,(H,22,24). The summed E-state index contributed by atoms with van der Waals surface area (Å²) in [4.78, 5) is 14.8. The lowest BCUT2D eigenvalue weighted by molar-refractivity contribution is -0.121. The van der Waals surface area contributed by atoms with Gasteiger partial charge in [0.05, 0.1) is 7.11 Å². The zero-order valence-electron chi connectivity index (χ0n) is 14.4. The lowest BCUT2D eigenvalue weighted by Gasteiger charge is -2.31. The summed E-state index contributed by atoms with van der Waals surface area (Å²) in [6, 6.07) is 15.4. The number of rotatable bonds is 5. The molecule has 1 heterocycles. The number of benzene rings is 2. The Morgan fingerprint density at radius 2 is 1.92 bits per heavy atom. The van der Waals surface area contributed by atoms with E-state index in [0.717, 1.165) is 48.9 Å². The Balaban J connectivity index is 1.48. The number of methoxy groups -OCH3 is 1. The monoisotopic (exact) mass is 358 g/mol. The summed E-state index contributed by atoms with van der Waals surface area (Å²) < 4.78 is 5.13. The number of carbonyl (C=O) groups is 1. The third kappa shape index (κ3) is 4.97. The van der Waals surface area contributed by atoms with Gasteiger partial charge in [-0.3, -0.25) is 9.69 Å². The van der Waals surface area contributed by atoms with Crippen molar-refractivity contribution in [1.29, 1.82) is 0 Å². The summed E-state index contributed by atoms with van der Waals surface area (Å²) in [5.41, 5.74) is 2.03. The molecule has 0 spiro atoms. The summed E-state index contributed by atoms with van der Waals surface area (Å²) in [7, 11) is 1.63. The molecule has 2 aromatic carbocycles. The van der Waals surface area contributed by atoms with Crippen molar-refractivity contribution in [1.82, 2.24) is 4.90 Å². The lowest BCUT2D eigenvalue weighted by Crippen LogP contribution is -2.37. The maximum atomic E-state index is 12.5. The molecule has 2 aromatic rings. The second-order valence-corrected chi connectivity index (χ2v) is 6.83.